The van der Waals surface area contributed by atoms with E-state index in [1.807, 2.05) is 41.5 Å². The Morgan fingerprint density at radius 2 is 1.95 bits per heavy atom. The van der Waals surface area contributed by atoms with Crippen LogP contribution in [0.1, 0.15) is 48.0 Å². The lowest BCUT2D eigenvalue weighted by molar-refractivity contribution is -0.139. The van der Waals surface area contributed by atoms with Gasteiger partial charge in [0.05, 0.1) is 12.5 Å². The molecule has 0 spiro atoms. The molecule has 1 fully saturated rings. The van der Waals surface area contributed by atoms with Gasteiger partial charge in [-0.05, 0) is 41.5 Å². The molecule has 1 aliphatic rings. The first-order valence-electron chi connectivity index (χ1n) is 7.94. The van der Waals surface area contributed by atoms with Gasteiger partial charge >= 0.3 is 0 Å². The lowest BCUT2D eigenvalue weighted by Crippen LogP contribution is -2.48. The minimum Gasteiger partial charge on any atom is -0.350 e. The number of carbonyl (C=O) groups is 3. The fourth-order valence-corrected chi connectivity index (χ4v) is 2.63. The molecule has 6 heteroatoms. The van der Waals surface area contributed by atoms with Crippen LogP contribution in [0.2, 0.25) is 0 Å². The highest BCUT2D eigenvalue weighted by Crippen LogP contribution is 2.22. The van der Waals surface area contributed by atoms with Crippen LogP contribution in [-0.2, 0) is 14.4 Å². The molecule has 0 aromatic rings. The molecule has 1 atom stereocenters. The van der Waals surface area contributed by atoms with Crippen LogP contribution in [0.25, 0.3) is 0 Å². The molecule has 1 aliphatic heterocycles. The van der Waals surface area contributed by atoms with Crippen LogP contribution in [0.15, 0.2) is 0 Å². The smallest absolute Gasteiger partial charge is 0.240 e. The summed E-state index contributed by atoms with van der Waals surface area (Å²) in [6.07, 6.45) is 0.244. The van der Waals surface area contributed by atoms with E-state index in [1.54, 1.807) is 4.90 Å². The van der Waals surface area contributed by atoms with Crippen LogP contribution in [0.5, 0.6) is 0 Å². The minimum absolute atomic E-state index is 0.0172. The van der Waals surface area contributed by atoms with Gasteiger partial charge in [0.1, 0.15) is 0 Å². The van der Waals surface area contributed by atoms with Crippen molar-refractivity contribution in [2.45, 2.75) is 59.5 Å². The Kier molecular flexibility index (Phi) is 5.97. The van der Waals surface area contributed by atoms with E-state index < -0.39 is 0 Å². The number of amides is 3. The summed E-state index contributed by atoms with van der Waals surface area (Å²) in [5.41, 5.74) is -0.322. The quantitative estimate of drug-likeness (QED) is 0.824. The summed E-state index contributed by atoms with van der Waals surface area (Å²) in [4.78, 5) is 39.7. The van der Waals surface area contributed by atoms with Gasteiger partial charge in [-0.1, -0.05) is 0 Å². The molecule has 1 saturated heterocycles. The van der Waals surface area contributed by atoms with E-state index in [0.717, 1.165) is 0 Å². The van der Waals surface area contributed by atoms with Crippen molar-refractivity contribution in [3.63, 3.8) is 0 Å². The number of hydrogen-bond donors (Lipinski definition) is 1. The zero-order valence-corrected chi connectivity index (χ0v) is 14.6. The Labute approximate surface area is 133 Å². The van der Waals surface area contributed by atoms with Crippen LogP contribution in [-0.4, -0.2) is 58.7 Å². The Morgan fingerprint density at radius 3 is 2.36 bits per heavy atom. The number of rotatable bonds is 5. The summed E-state index contributed by atoms with van der Waals surface area (Å²) in [5.74, 6) is -0.600. The number of carbonyl (C=O) groups excluding carboxylic acids is 3. The van der Waals surface area contributed by atoms with Crippen LogP contribution in [0.4, 0.5) is 0 Å². The maximum atomic E-state index is 12.6. The number of hydrogen-bond acceptors (Lipinski definition) is 3. The summed E-state index contributed by atoms with van der Waals surface area (Å²) in [5, 5.41) is 2.85. The molecule has 6 nitrogen and oxygen atoms in total. The van der Waals surface area contributed by atoms with Gasteiger partial charge in [-0.3, -0.25) is 14.4 Å². The predicted molar refractivity (Wildman–Crippen MR) is 85.1 cm³/mol. The normalized spacial score (nSPS) is 18.8. The predicted octanol–water partition coefficient (Wildman–Crippen LogP) is 1.01. The van der Waals surface area contributed by atoms with E-state index in [1.165, 1.54) is 4.90 Å². The van der Waals surface area contributed by atoms with Crippen LogP contribution in [0, 0.1) is 5.92 Å². The second-order valence-electron chi connectivity index (χ2n) is 7.19. The molecule has 0 unspecified atom stereocenters. The lowest BCUT2D eigenvalue weighted by atomic mass is 10.1. The van der Waals surface area contributed by atoms with E-state index >= 15 is 0 Å². The molecule has 1 heterocycles. The van der Waals surface area contributed by atoms with Crippen molar-refractivity contribution in [1.29, 1.82) is 0 Å². The maximum absolute atomic E-state index is 12.6. The zero-order valence-electron chi connectivity index (χ0n) is 14.6. The molecular formula is C16H29N3O3. The third-order valence-electron chi connectivity index (χ3n) is 3.67. The SMILES string of the molecule is CCN(CC(=O)NC(C)(C)C)C(=O)[C@@H]1CC(=O)N(C(C)C)C1. The summed E-state index contributed by atoms with van der Waals surface area (Å²) in [7, 11) is 0. The fourth-order valence-electron chi connectivity index (χ4n) is 2.63. The average Bonchev–Trinajstić information content (AvgIpc) is 2.75. The van der Waals surface area contributed by atoms with Crippen molar-refractivity contribution < 1.29 is 14.4 Å². The van der Waals surface area contributed by atoms with Gasteiger partial charge in [-0.15, -0.1) is 0 Å². The van der Waals surface area contributed by atoms with E-state index in [4.69, 9.17) is 0 Å². The molecule has 22 heavy (non-hydrogen) atoms. The Hall–Kier alpha value is -1.59. The minimum atomic E-state index is -0.336. The Morgan fingerprint density at radius 1 is 1.36 bits per heavy atom. The third-order valence-corrected chi connectivity index (χ3v) is 3.67. The standard InChI is InChI=1S/C16H29N3O3/c1-7-18(10-13(20)17-16(4,5)6)15(22)12-8-14(21)19(9-12)11(2)3/h11-12H,7-10H2,1-6H3,(H,17,20)/t12-/m1/s1. The van der Waals surface area contributed by atoms with Gasteiger partial charge in [-0.2, -0.15) is 0 Å². The summed E-state index contributed by atoms with van der Waals surface area (Å²) < 4.78 is 0. The van der Waals surface area contributed by atoms with Crippen molar-refractivity contribution in [3.8, 4) is 0 Å². The molecule has 0 aliphatic carbocycles. The lowest BCUT2D eigenvalue weighted by Gasteiger charge is -2.27. The van der Waals surface area contributed by atoms with E-state index in [-0.39, 0.29) is 48.2 Å². The second-order valence-corrected chi connectivity index (χ2v) is 7.19. The van der Waals surface area contributed by atoms with Crippen molar-refractivity contribution in [2.75, 3.05) is 19.6 Å². The Bertz CT molecular complexity index is 440. The zero-order chi connectivity index (χ0) is 17.1. The van der Waals surface area contributed by atoms with Crippen LogP contribution in [0.3, 0.4) is 0 Å². The monoisotopic (exact) mass is 311 g/mol. The molecule has 1 N–H and O–H groups in total. The number of likely N-dealkylation sites (tertiary alicyclic amines) is 1. The molecule has 126 valence electrons. The molecule has 0 aromatic heterocycles. The van der Waals surface area contributed by atoms with E-state index in [2.05, 4.69) is 5.32 Å². The molecule has 3 amide bonds. The molecule has 0 saturated carbocycles. The molecule has 0 radical (unpaired) electrons. The average molecular weight is 311 g/mol. The van der Waals surface area contributed by atoms with Gasteiger partial charge < -0.3 is 15.1 Å². The summed E-state index contributed by atoms with van der Waals surface area (Å²) >= 11 is 0. The fraction of sp³-hybridized carbons (Fsp3) is 0.812. The van der Waals surface area contributed by atoms with Gasteiger partial charge in [-0.25, -0.2) is 0 Å². The van der Waals surface area contributed by atoms with Crippen molar-refractivity contribution >= 4 is 17.7 Å². The summed E-state index contributed by atoms with van der Waals surface area (Å²) in [6, 6.07) is 0.101. The second kappa shape index (κ2) is 7.11. The highest BCUT2D eigenvalue weighted by atomic mass is 16.2. The number of nitrogens with one attached hydrogen (secondary N) is 1. The first-order chi connectivity index (χ1) is 10.0. The van der Waals surface area contributed by atoms with Crippen LogP contribution >= 0.6 is 0 Å². The first kappa shape index (κ1) is 18.5. The largest absolute Gasteiger partial charge is 0.350 e. The highest BCUT2D eigenvalue weighted by Gasteiger charge is 2.37. The molecule has 0 bridgehead atoms. The maximum Gasteiger partial charge on any atom is 0.240 e. The third kappa shape index (κ3) is 5.00. The molecule has 1 rings (SSSR count). The first-order valence-corrected chi connectivity index (χ1v) is 7.94. The van der Waals surface area contributed by atoms with Gasteiger partial charge in [0.15, 0.2) is 0 Å². The van der Waals surface area contributed by atoms with Gasteiger partial charge in [0.25, 0.3) is 0 Å². The number of nitrogens with zero attached hydrogens (tertiary/aromatic N) is 2. The Balaban J connectivity index is 2.66. The molecule has 0 aromatic carbocycles. The van der Waals surface area contributed by atoms with Gasteiger partial charge in [0.2, 0.25) is 17.7 Å². The topological polar surface area (TPSA) is 69.7 Å². The summed E-state index contributed by atoms with van der Waals surface area (Å²) in [6.45, 7) is 12.4. The van der Waals surface area contributed by atoms with Crippen molar-refractivity contribution in [1.82, 2.24) is 15.1 Å². The van der Waals surface area contributed by atoms with E-state index in [0.29, 0.717) is 13.1 Å². The van der Waals surface area contributed by atoms with E-state index in [9.17, 15) is 14.4 Å². The van der Waals surface area contributed by atoms with Crippen molar-refractivity contribution in [3.05, 3.63) is 0 Å². The van der Waals surface area contributed by atoms with Crippen LogP contribution < -0.4 is 5.32 Å². The van der Waals surface area contributed by atoms with Crippen molar-refractivity contribution in [2.24, 2.45) is 5.92 Å². The number of likely N-dealkylation sites (N-methyl/N-ethyl adjacent to an activating group) is 1. The molecular weight excluding hydrogens is 282 g/mol. The van der Waals surface area contributed by atoms with Gasteiger partial charge in [0, 0.05) is 31.1 Å². The highest BCUT2D eigenvalue weighted by molar-refractivity contribution is 5.91.